The summed E-state index contributed by atoms with van der Waals surface area (Å²) in [5.41, 5.74) is 4.89. The lowest BCUT2D eigenvalue weighted by atomic mass is 9.90. The van der Waals surface area contributed by atoms with Gasteiger partial charge in [-0.1, -0.05) is 63.1 Å². The van der Waals surface area contributed by atoms with Crippen molar-refractivity contribution >= 4 is 27.4 Å². The molecule has 0 bridgehead atoms. The number of carboxylic acid groups (broad SMARTS) is 1. The monoisotopic (exact) mass is 611 g/mol. The Bertz CT molecular complexity index is 1500. The van der Waals surface area contributed by atoms with E-state index in [9.17, 15) is 13.2 Å². The van der Waals surface area contributed by atoms with Crippen LogP contribution in [0.2, 0.25) is 0 Å². The standard InChI is InChI=1S/C31H33NO4S.CH4O3S/c1-3-5-23(6-4-2)24-11-13-28(14-12-24)35-19-22-7-9-25(10-8-22)27-16-30(37-21-27)20-36-29-15-26(31(33)34)17-32-18-29;1-5(2,3)4/h7-18,21,23H,3-6,19-20H2,1-2H3,(H,33,34);1H3,(H,2,3,4). The first-order chi connectivity index (χ1) is 20.1. The van der Waals surface area contributed by atoms with Gasteiger partial charge in [0.1, 0.15) is 24.7 Å². The smallest absolute Gasteiger partial charge is 0.337 e. The van der Waals surface area contributed by atoms with Crippen LogP contribution < -0.4 is 9.47 Å². The minimum atomic E-state index is -3.67. The zero-order chi connectivity index (χ0) is 30.5. The highest BCUT2D eigenvalue weighted by molar-refractivity contribution is 7.85. The van der Waals surface area contributed by atoms with E-state index in [2.05, 4.69) is 78.8 Å². The summed E-state index contributed by atoms with van der Waals surface area (Å²) < 4.78 is 37.6. The van der Waals surface area contributed by atoms with Crippen LogP contribution in [0.1, 0.15) is 71.8 Å². The molecule has 0 unspecified atom stereocenters. The molecule has 2 aromatic carbocycles. The molecule has 2 aromatic heterocycles. The van der Waals surface area contributed by atoms with Crippen molar-refractivity contribution in [3.63, 3.8) is 0 Å². The third-order valence-electron chi connectivity index (χ3n) is 6.31. The zero-order valence-electron chi connectivity index (χ0n) is 24.0. The summed E-state index contributed by atoms with van der Waals surface area (Å²) in [6.45, 7) is 5.39. The number of aromatic nitrogens is 1. The molecule has 0 saturated heterocycles. The Morgan fingerprint density at radius 1 is 0.881 bits per heavy atom. The number of hydrogen-bond acceptors (Lipinski definition) is 7. The predicted molar refractivity (Wildman–Crippen MR) is 166 cm³/mol. The van der Waals surface area contributed by atoms with Crippen LogP contribution in [0.4, 0.5) is 0 Å². The van der Waals surface area contributed by atoms with Crippen molar-refractivity contribution in [3.05, 3.63) is 100 Å². The quantitative estimate of drug-likeness (QED) is 0.147. The SMILES string of the molecule is CCCC(CCC)c1ccc(OCc2ccc(-c3csc(COc4cncc(C(=O)O)c4)c3)cc2)cc1.CS(=O)(=O)O. The molecule has 42 heavy (non-hydrogen) atoms. The van der Waals surface area contributed by atoms with Crippen LogP contribution in [0.5, 0.6) is 11.5 Å². The Balaban J connectivity index is 0.000000892. The Labute approximate surface area is 251 Å². The number of thiophene rings is 1. The largest absolute Gasteiger partial charge is 0.489 e. The fraction of sp³-hybridized carbons (Fsp3) is 0.312. The Hall–Kier alpha value is -3.73. The number of nitrogens with zero attached hydrogens (tertiary/aromatic N) is 1. The first-order valence-corrected chi connectivity index (χ1v) is 16.4. The molecule has 0 spiro atoms. The molecule has 0 radical (unpaired) electrons. The van der Waals surface area contributed by atoms with Crippen LogP contribution in [0.15, 0.2) is 78.4 Å². The third kappa shape index (κ3) is 11.3. The maximum Gasteiger partial charge on any atom is 0.337 e. The molecule has 4 rings (SSSR count). The minimum absolute atomic E-state index is 0.109. The predicted octanol–water partition coefficient (Wildman–Crippen LogP) is 7.85. The lowest BCUT2D eigenvalue weighted by Crippen LogP contribution is -1.99. The fourth-order valence-electron chi connectivity index (χ4n) is 4.35. The molecule has 2 heterocycles. The van der Waals surface area contributed by atoms with Crippen molar-refractivity contribution in [2.75, 3.05) is 6.26 Å². The molecule has 0 aliphatic heterocycles. The van der Waals surface area contributed by atoms with E-state index in [-0.39, 0.29) is 5.56 Å². The van der Waals surface area contributed by atoms with Crippen LogP contribution in [-0.2, 0) is 23.3 Å². The Kier molecular flexibility index (Phi) is 12.5. The van der Waals surface area contributed by atoms with Crippen LogP contribution >= 0.6 is 11.3 Å². The number of rotatable bonds is 13. The summed E-state index contributed by atoms with van der Waals surface area (Å²) in [4.78, 5) is 16.1. The van der Waals surface area contributed by atoms with Crippen molar-refractivity contribution in [2.24, 2.45) is 0 Å². The number of ether oxygens (including phenoxy) is 2. The molecular weight excluding hydrogens is 574 g/mol. The van der Waals surface area contributed by atoms with Crippen LogP contribution in [0.3, 0.4) is 0 Å². The highest BCUT2D eigenvalue weighted by Gasteiger charge is 2.10. The van der Waals surface area contributed by atoms with E-state index < -0.39 is 16.1 Å². The van der Waals surface area contributed by atoms with Gasteiger partial charge in [0, 0.05) is 11.1 Å². The van der Waals surface area contributed by atoms with Crippen molar-refractivity contribution in [1.82, 2.24) is 4.98 Å². The second kappa shape index (κ2) is 16.1. The van der Waals surface area contributed by atoms with Crippen LogP contribution in [-0.4, -0.2) is 35.3 Å². The molecule has 4 aromatic rings. The molecule has 0 amide bonds. The molecule has 0 atom stereocenters. The Morgan fingerprint density at radius 2 is 1.50 bits per heavy atom. The number of pyridine rings is 1. The van der Waals surface area contributed by atoms with Crippen LogP contribution in [0, 0.1) is 0 Å². The van der Waals surface area contributed by atoms with Crippen LogP contribution in [0.25, 0.3) is 11.1 Å². The number of carboxylic acids is 1. The summed E-state index contributed by atoms with van der Waals surface area (Å²) in [6, 6.07) is 20.6. The summed E-state index contributed by atoms with van der Waals surface area (Å²) >= 11 is 1.61. The summed E-state index contributed by atoms with van der Waals surface area (Å²) in [7, 11) is -3.67. The van der Waals surface area contributed by atoms with Gasteiger partial charge in [-0.15, -0.1) is 11.3 Å². The minimum Gasteiger partial charge on any atom is -0.489 e. The van der Waals surface area contributed by atoms with E-state index >= 15 is 0 Å². The summed E-state index contributed by atoms with van der Waals surface area (Å²) in [5, 5.41) is 11.2. The fourth-order valence-corrected chi connectivity index (χ4v) is 5.15. The average molecular weight is 612 g/mol. The number of aromatic carboxylic acids is 1. The van der Waals surface area contributed by atoms with Gasteiger partial charge in [-0.2, -0.15) is 8.42 Å². The molecule has 0 aliphatic rings. The summed E-state index contributed by atoms with van der Waals surface area (Å²) in [5.74, 6) is 0.953. The zero-order valence-corrected chi connectivity index (χ0v) is 25.7. The lowest BCUT2D eigenvalue weighted by molar-refractivity contribution is 0.0695. The normalized spacial score (nSPS) is 11.1. The van der Waals surface area contributed by atoms with Gasteiger partial charge in [-0.05, 0) is 70.7 Å². The van der Waals surface area contributed by atoms with Gasteiger partial charge in [0.2, 0.25) is 0 Å². The van der Waals surface area contributed by atoms with E-state index in [0.29, 0.717) is 31.1 Å². The summed E-state index contributed by atoms with van der Waals surface area (Å²) in [6.07, 6.45) is 8.42. The molecule has 224 valence electrons. The van der Waals surface area contributed by atoms with Gasteiger partial charge in [-0.3, -0.25) is 9.54 Å². The maximum atomic E-state index is 11.1. The van der Waals surface area contributed by atoms with Crippen molar-refractivity contribution in [2.45, 2.75) is 58.7 Å². The second-order valence-corrected chi connectivity index (χ2v) is 12.3. The van der Waals surface area contributed by atoms with E-state index in [1.165, 1.54) is 49.7 Å². The first-order valence-electron chi connectivity index (χ1n) is 13.7. The van der Waals surface area contributed by atoms with Crippen molar-refractivity contribution in [3.8, 4) is 22.6 Å². The Morgan fingerprint density at radius 3 is 2.10 bits per heavy atom. The van der Waals surface area contributed by atoms with Crippen molar-refractivity contribution in [1.29, 1.82) is 0 Å². The molecule has 8 nitrogen and oxygen atoms in total. The van der Waals surface area contributed by atoms with Crippen molar-refractivity contribution < 1.29 is 32.3 Å². The highest BCUT2D eigenvalue weighted by atomic mass is 32.2. The average Bonchev–Trinajstić information content (AvgIpc) is 3.44. The van der Waals surface area contributed by atoms with Gasteiger partial charge in [0.05, 0.1) is 18.0 Å². The van der Waals surface area contributed by atoms with E-state index in [4.69, 9.17) is 19.1 Å². The molecule has 10 heteroatoms. The molecular formula is C32H37NO7S2. The highest BCUT2D eigenvalue weighted by Crippen LogP contribution is 2.29. The topological polar surface area (TPSA) is 123 Å². The van der Waals surface area contributed by atoms with E-state index in [0.717, 1.165) is 27.3 Å². The van der Waals surface area contributed by atoms with E-state index in [1.54, 1.807) is 11.3 Å². The van der Waals surface area contributed by atoms with Gasteiger partial charge in [-0.25, -0.2) is 4.79 Å². The number of benzene rings is 2. The van der Waals surface area contributed by atoms with Gasteiger partial charge in [0.15, 0.2) is 0 Å². The third-order valence-corrected chi connectivity index (χ3v) is 7.22. The molecule has 0 fully saturated rings. The number of hydrogen-bond donors (Lipinski definition) is 2. The number of carbonyl (C=O) groups is 1. The van der Waals surface area contributed by atoms with Gasteiger partial charge < -0.3 is 14.6 Å². The second-order valence-electron chi connectivity index (χ2n) is 9.87. The maximum absolute atomic E-state index is 11.1. The molecule has 2 N–H and O–H groups in total. The van der Waals surface area contributed by atoms with E-state index in [1.807, 2.05) is 0 Å². The first kappa shape index (κ1) is 32.8. The van der Waals surface area contributed by atoms with Gasteiger partial charge >= 0.3 is 5.97 Å². The molecule has 0 aliphatic carbocycles. The van der Waals surface area contributed by atoms with Gasteiger partial charge in [0.25, 0.3) is 10.1 Å². The molecule has 0 saturated carbocycles. The lowest BCUT2D eigenvalue weighted by Gasteiger charge is -2.16.